The van der Waals surface area contributed by atoms with Crippen LogP contribution in [0.2, 0.25) is 0 Å². The lowest BCUT2D eigenvalue weighted by atomic mass is 9.98. The SMILES string of the molecule is O=[N+]([O-])c1c(N2CCC(CO)CC2)nc2sccn12. The van der Waals surface area contributed by atoms with Gasteiger partial charge in [0.15, 0.2) is 0 Å². The van der Waals surface area contributed by atoms with Crippen LogP contribution < -0.4 is 4.90 Å². The second kappa shape index (κ2) is 4.78. The molecule has 0 amide bonds. The fourth-order valence-corrected chi connectivity index (χ4v) is 3.18. The minimum absolute atomic E-state index is 0.0405. The van der Waals surface area contributed by atoms with Gasteiger partial charge in [-0.3, -0.25) is 0 Å². The smallest absolute Gasteiger partial charge is 0.373 e. The standard InChI is InChI=1S/C11H14N4O3S/c16-7-8-1-3-13(4-2-8)9-10(15(17)18)14-5-6-19-11(14)12-9/h5-6,8,16H,1-4,7H2. The first-order valence-electron chi connectivity index (χ1n) is 6.16. The molecule has 0 aromatic carbocycles. The Hall–Kier alpha value is -1.67. The second-order valence-electron chi connectivity index (χ2n) is 4.68. The summed E-state index contributed by atoms with van der Waals surface area (Å²) < 4.78 is 1.53. The number of hydrogen-bond acceptors (Lipinski definition) is 6. The number of nitrogens with zero attached hydrogens (tertiary/aromatic N) is 4. The van der Waals surface area contributed by atoms with E-state index in [9.17, 15) is 10.1 Å². The van der Waals surface area contributed by atoms with Crippen LogP contribution in [0.25, 0.3) is 4.96 Å². The number of imidazole rings is 1. The van der Waals surface area contributed by atoms with Crippen molar-refractivity contribution in [2.75, 3.05) is 24.6 Å². The van der Waals surface area contributed by atoms with E-state index < -0.39 is 0 Å². The molecule has 1 saturated heterocycles. The number of thiazole rings is 1. The summed E-state index contributed by atoms with van der Waals surface area (Å²) in [5, 5.41) is 22.2. The van der Waals surface area contributed by atoms with Gasteiger partial charge in [-0.05, 0) is 23.7 Å². The van der Waals surface area contributed by atoms with E-state index in [1.165, 1.54) is 15.7 Å². The van der Waals surface area contributed by atoms with E-state index in [1.807, 2.05) is 4.90 Å². The van der Waals surface area contributed by atoms with E-state index in [-0.39, 0.29) is 17.3 Å². The molecular weight excluding hydrogens is 268 g/mol. The van der Waals surface area contributed by atoms with Crippen LogP contribution in [0, 0.1) is 16.0 Å². The summed E-state index contributed by atoms with van der Waals surface area (Å²) >= 11 is 1.39. The first-order chi connectivity index (χ1) is 9.20. The number of fused-ring (bicyclic) bond motifs is 1. The molecule has 19 heavy (non-hydrogen) atoms. The third kappa shape index (κ3) is 2.06. The van der Waals surface area contributed by atoms with Gasteiger partial charge in [-0.25, -0.2) is 0 Å². The van der Waals surface area contributed by atoms with E-state index in [1.54, 1.807) is 11.6 Å². The van der Waals surface area contributed by atoms with Gasteiger partial charge in [-0.1, -0.05) is 11.3 Å². The highest BCUT2D eigenvalue weighted by Gasteiger charge is 2.30. The zero-order valence-electron chi connectivity index (χ0n) is 10.2. The third-order valence-electron chi connectivity index (χ3n) is 3.56. The number of hydrogen-bond donors (Lipinski definition) is 1. The number of nitro groups is 1. The van der Waals surface area contributed by atoms with Crippen LogP contribution >= 0.6 is 11.3 Å². The average Bonchev–Trinajstić information content (AvgIpc) is 2.98. The molecule has 0 bridgehead atoms. The molecule has 1 fully saturated rings. The molecule has 3 rings (SSSR count). The Bertz CT molecular complexity index is 600. The van der Waals surface area contributed by atoms with Gasteiger partial charge in [0, 0.05) is 25.1 Å². The molecule has 1 aliphatic heterocycles. The van der Waals surface area contributed by atoms with Gasteiger partial charge in [0.25, 0.3) is 4.96 Å². The lowest BCUT2D eigenvalue weighted by Gasteiger charge is -2.30. The van der Waals surface area contributed by atoms with Crippen molar-refractivity contribution in [1.82, 2.24) is 9.38 Å². The Morgan fingerprint density at radius 2 is 2.26 bits per heavy atom. The fraction of sp³-hybridized carbons (Fsp3) is 0.545. The summed E-state index contributed by atoms with van der Waals surface area (Å²) in [6, 6.07) is 0. The highest BCUT2D eigenvalue weighted by atomic mass is 32.1. The van der Waals surface area contributed by atoms with Crippen molar-refractivity contribution in [2.45, 2.75) is 12.8 Å². The van der Waals surface area contributed by atoms with E-state index >= 15 is 0 Å². The maximum absolute atomic E-state index is 11.2. The quantitative estimate of drug-likeness (QED) is 0.681. The topological polar surface area (TPSA) is 83.9 Å². The highest BCUT2D eigenvalue weighted by Crippen LogP contribution is 2.33. The van der Waals surface area contributed by atoms with Crippen LogP contribution in [0.15, 0.2) is 11.6 Å². The summed E-state index contributed by atoms with van der Waals surface area (Å²) in [7, 11) is 0. The number of anilines is 1. The van der Waals surface area contributed by atoms with Crippen molar-refractivity contribution in [3.05, 3.63) is 21.7 Å². The highest BCUT2D eigenvalue weighted by molar-refractivity contribution is 7.15. The molecule has 8 heteroatoms. The molecule has 1 N–H and O–H groups in total. The molecule has 0 saturated carbocycles. The Morgan fingerprint density at radius 1 is 1.53 bits per heavy atom. The van der Waals surface area contributed by atoms with Crippen LogP contribution in [0.1, 0.15) is 12.8 Å². The number of aliphatic hydroxyl groups is 1. The van der Waals surface area contributed by atoms with Crippen LogP contribution in [-0.4, -0.2) is 39.1 Å². The monoisotopic (exact) mass is 282 g/mol. The van der Waals surface area contributed by atoms with Crippen molar-refractivity contribution in [3.63, 3.8) is 0 Å². The normalized spacial score (nSPS) is 17.2. The molecule has 0 atom stereocenters. The maximum atomic E-state index is 11.2. The molecule has 0 unspecified atom stereocenters. The molecule has 0 radical (unpaired) electrons. The molecule has 3 heterocycles. The van der Waals surface area contributed by atoms with E-state index in [0.29, 0.717) is 29.8 Å². The van der Waals surface area contributed by atoms with Crippen LogP contribution in [0.4, 0.5) is 11.6 Å². The lowest BCUT2D eigenvalue weighted by Crippen LogP contribution is -2.35. The molecule has 7 nitrogen and oxygen atoms in total. The van der Waals surface area contributed by atoms with Gasteiger partial charge in [-0.15, -0.1) is 0 Å². The van der Waals surface area contributed by atoms with Crippen molar-refractivity contribution in [2.24, 2.45) is 5.92 Å². The first kappa shape index (κ1) is 12.4. The molecule has 102 valence electrons. The zero-order chi connectivity index (χ0) is 13.4. The van der Waals surface area contributed by atoms with Gasteiger partial charge in [-0.2, -0.15) is 9.38 Å². The number of piperidine rings is 1. The van der Waals surface area contributed by atoms with E-state index in [0.717, 1.165) is 12.8 Å². The number of aliphatic hydroxyl groups excluding tert-OH is 1. The van der Waals surface area contributed by atoms with Gasteiger partial charge in [0.05, 0.1) is 0 Å². The van der Waals surface area contributed by atoms with Crippen molar-refractivity contribution >= 4 is 27.9 Å². The summed E-state index contributed by atoms with van der Waals surface area (Å²) in [6.07, 6.45) is 3.37. The Kier molecular flexibility index (Phi) is 3.11. The number of rotatable bonds is 3. The maximum Gasteiger partial charge on any atom is 0.373 e. The van der Waals surface area contributed by atoms with E-state index in [2.05, 4.69) is 4.98 Å². The molecule has 1 aliphatic rings. The van der Waals surface area contributed by atoms with Gasteiger partial charge < -0.3 is 20.1 Å². The first-order valence-corrected chi connectivity index (χ1v) is 7.04. The van der Waals surface area contributed by atoms with Crippen LogP contribution in [0.3, 0.4) is 0 Å². The third-order valence-corrected chi connectivity index (χ3v) is 4.32. The zero-order valence-corrected chi connectivity index (χ0v) is 11.0. The predicted octanol–water partition coefficient (Wildman–Crippen LogP) is 1.51. The minimum Gasteiger partial charge on any atom is -0.396 e. The van der Waals surface area contributed by atoms with E-state index in [4.69, 9.17) is 5.11 Å². The van der Waals surface area contributed by atoms with Gasteiger partial charge >= 0.3 is 5.82 Å². The molecule has 2 aromatic rings. The predicted molar refractivity (Wildman–Crippen MR) is 71.7 cm³/mol. The van der Waals surface area contributed by atoms with Crippen molar-refractivity contribution in [1.29, 1.82) is 0 Å². The minimum atomic E-state index is -0.375. The van der Waals surface area contributed by atoms with Crippen LogP contribution in [0.5, 0.6) is 0 Å². The summed E-state index contributed by atoms with van der Waals surface area (Å²) in [5.41, 5.74) is 0. The Morgan fingerprint density at radius 3 is 2.89 bits per heavy atom. The Balaban J connectivity index is 1.94. The average molecular weight is 282 g/mol. The van der Waals surface area contributed by atoms with Crippen molar-refractivity contribution in [3.8, 4) is 0 Å². The summed E-state index contributed by atoms with van der Waals surface area (Å²) in [6.45, 7) is 1.60. The summed E-state index contributed by atoms with van der Waals surface area (Å²) in [5.74, 6) is 0.797. The Labute approximate surface area is 113 Å². The molecule has 2 aromatic heterocycles. The van der Waals surface area contributed by atoms with Crippen molar-refractivity contribution < 1.29 is 10.0 Å². The number of aromatic nitrogens is 2. The molecular formula is C11H14N4O3S. The van der Waals surface area contributed by atoms with Gasteiger partial charge in [0.2, 0.25) is 5.82 Å². The van der Waals surface area contributed by atoms with Crippen LogP contribution in [-0.2, 0) is 0 Å². The molecule has 0 aliphatic carbocycles. The molecule has 0 spiro atoms. The summed E-state index contributed by atoms with van der Waals surface area (Å²) in [4.78, 5) is 17.8. The fourth-order valence-electron chi connectivity index (χ4n) is 2.47. The van der Waals surface area contributed by atoms with Gasteiger partial charge in [0.1, 0.15) is 6.20 Å². The second-order valence-corrected chi connectivity index (χ2v) is 5.56. The lowest BCUT2D eigenvalue weighted by molar-refractivity contribution is -0.389. The largest absolute Gasteiger partial charge is 0.396 e.